The second-order valence-electron chi connectivity index (χ2n) is 5.18. The van der Waals surface area contributed by atoms with Crippen LogP contribution < -0.4 is 0 Å². The molecule has 3 rings (SSSR count). The summed E-state index contributed by atoms with van der Waals surface area (Å²) < 4.78 is 7.07. The molecule has 1 aromatic heterocycles. The molecular weight excluding hydrogens is 286 g/mol. The Morgan fingerprint density at radius 1 is 1.41 bits per heavy atom. The third-order valence-corrected chi connectivity index (χ3v) is 3.69. The molecule has 1 unspecified atom stereocenters. The van der Waals surface area contributed by atoms with Gasteiger partial charge in [-0.15, -0.1) is 10.2 Å². The molecule has 1 atom stereocenters. The average molecular weight is 301 g/mol. The monoisotopic (exact) mass is 301 g/mol. The van der Waals surface area contributed by atoms with Crippen molar-refractivity contribution in [2.75, 3.05) is 0 Å². The van der Waals surface area contributed by atoms with E-state index in [9.17, 15) is 9.59 Å². The van der Waals surface area contributed by atoms with Crippen LogP contribution in [0.2, 0.25) is 0 Å². The Morgan fingerprint density at radius 3 is 3.09 bits per heavy atom. The predicted molar refractivity (Wildman–Crippen MR) is 75.2 cm³/mol. The Balaban J connectivity index is 1.66. The average Bonchev–Trinajstić information content (AvgIpc) is 3.01. The lowest BCUT2D eigenvalue weighted by molar-refractivity contribution is -0.149. The van der Waals surface area contributed by atoms with Gasteiger partial charge >= 0.3 is 11.9 Å². The summed E-state index contributed by atoms with van der Waals surface area (Å²) in [6.45, 7) is 0.0495. The van der Waals surface area contributed by atoms with Crippen LogP contribution in [-0.4, -0.2) is 31.8 Å². The van der Waals surface area contributed by atoms with Crippen molar-refractivity contribution in [3.8, 4) is 0 Å². The van der Waals surface area contributed by atoms with Gasteiger partial charge in [-0.3, -0.25) is 0 Å². The summed E-state index contributed by atoms with van der Waals surface area (Å²) in [6.07, 6.45) is 3.92. The number of aryl methyl sites for hydroxylation is 1. The van der Waals surface area contributed by atoms with Crippen molar-refractivity contribution in [1.82, 2.24) is 14.8 Å². The van der Waals surface area contributed by atoms with E-state index in [0.29, 0.717) is 12.0 Å². The Bertz CT molecular complexity index is 710. The van der Waals surface area contributed by atoms with Crippen LogP contribution in [0.1, 0.15) is 40.6 Å². The highest BCUT2D eigenvalue weighted by Gasteiger charge is 2.28. The summed E-state index contributed by atoms with van der Waals surface area (Å²) >= 11 is 0. The summed E-state index contributed by atoms with van der Waals surface area (Å²) in [7, 11) is 0. The maximum Gasteiger partial charge on any atom is 0.335 e. The number of rotatable bonds is 4. The van der Waals surface area contributed by atoms with Crippen molar-refractivity contribution < 1.29 is 19.4 Å². The third kappa shape index (κ3) is 2.83. The molecule has 0 saturated heterocycles. The zero-order valence-electron chi connectivity index (χ0n) is 11.8. The fourth-order valence-corrected chi connectivity index (χ4v) is 2.57. The summed E-state index contributed by atoms with van der Waals surface area (Å²) in [5.41, 5.74) is 0.820. The Morgan fingerprint density at radius 2 is 2.27 bits per heavy atom. The van der Waals surface area contributed by atoms with E-state index in [0.717, 1.165) is 18.7 Å². The molecule has 114 valence electrons. The van der Waals surface area contributed by atoms with E-state index in [1.807, 2.05) is 0 Å². The van der Waals surface area contributed by atoms with Crippen molar-refractivity contribution in [2.45, 2.75) is 31.9 Å². The lowest BCUT2D eigenvalue weighted by Gasteiger charge is -2.22. The molecule has 0 bridgehead atoms. The number of aromatic carboxylic acids is 1. The SMILES string of the molecule is O=C(O)c1cccc(COC(=O)C2CCCc3nncn32)c1. The van der Waals surface area contributed by atoms with E-state index in [4.69, 9.17) is 9.84 Å². The first kappa shape index (κ1) is 14.2. The fourth-order valence-electron chi connectivity index (χ4n) is 2.57. The van der Waals surface area contributed by atoms with Crippen molar-refractivity contribution in [3.05, 3.63) is 47.5 Å². The van der Waals surface area contributed by atoms with E-state index < -0.39 is 12.0 Å². The largest absolute Gasteiger partial charge is 0.478 e. The number of carbonyl (C=O) groups excluding carboxylic acids is 1. The Labute approximate surface area is 126 Å². The standard InChI is InChI=1S/C15H15N3O4/c19-14(20)11-4-1-3-10(7-11)8-22-15(21)12-5-2-6-13-17-16-9-18(12)13/h1,3-4,7,9,12H,2,5-6,8H2,(H,19,20). The van der Waals surface area contributed by atoms with E-state index in [1.54, 1.807) is 23.0 Å². The van der Waals surface area contributed by atoms with Gasteiger partial charge < -0.3 is 14.4 Å². The highest BCUT2D eigenvalue weighted by Crippen LogP contribution is 2.24. The molecule has 0 amide bonds. The second kappa shape index (κ2) is 5.97. The zero-order valence-corrected chi connectivity index (χ0v) is 11.8. The van der Waals surface area contributed by atoms with Crippen LogP contribution in [0, 0.1) is 0 Å². The third-order valence-electron chi connectivity index (χ3n) is 3.69. The lowest BCUT2D eigenvalue weighted by atomic mass is 10.0. The van der Waals surface area contributed by atoms with Crippen molar-refractivity contribution >= 4 is 11.9 Å². The van der Waals surface area contributed by atoms with Gasteiger partial charge in [-0.2, -0.15) is 0 Å². The first-order chi connectivity index (χ1) is 10.6. The van der Waals surface area contributed by atoms with Crippen molar-refractivity contribution in [1.29, 1.82) is 0 Å². The minimum absolute atomic E-state index is 0.0495. The predicted octanol–water partition coefficient (Wildman–Crippen LogP) is 1.60. The van der Waals surface area contributed by atoms with Gasteiger partial charge in [0.15, 0.2) is 0 Å². The van der Waals surface area contributed by atoms with E-state index in [2.05, 4.69) is 10.2 Å². The second-order valence-corrected chi connectivity index (χ2v) is 5.18. The molecule has 22 heavy (non-hydrogen) atoms. The number of aromatic nitrogens is 3. The molecule has 7 heteroatoms. The minimum Gasteiger partial charge on any atom is -0.478 e. The fraction of sp³-hybridized carbons (Fsp3) is 0.333. The molecule has 2 heterocycles. The number of hydrogen-bond donors (Lipinski definition) is 1. The molecule has 2 aromatic rings. The number of benzene rings is 1. The number of carboxylic acids is 1. The quantitative estimate of drug-likeness (QED) is 0.862. The minimum atomic E-state index is -1.01. The van der Waals surface area contributed by atoms with Crippen LogP contribution in [0.4, 0.5) is 0 Å². The molecule has 1 aliphatic rings. The number of esters is 1. The van der Waals surface area contributed by atoms with Crippen LogP contribution in [-0.2, 0) is 22.6 Å². The van der Waals surface area contributed by atoms with Crippen LogP contribution in [0.15, 0.2) is 30.6 Å². The highest BCUT2D eigenvalue weighted by molar-refractivity contribution is 5.87. The molecule has 0 spiro atoms. The van der Waals surface area contributed by atoms with Gasteiger partial charge in [-0.05, 0) is 30.5 Å². The molecule has 0 radical (unpaired) electrons. The molecule has 0 saturated carbocycles. The van der Waals surface area contributed by atoms with Gasteiger partial charge in [0.25, 0.3) is 0 Å². The molecule has 7 nitrogen and oxygen atoms in total. The van der Waals surface area contributed by atoms with E-state index in [1.165, 1.54) is 12.1 Å². The number of carboxylic acid groups (broad SMARTS) is 1. The first-order valence-corrected chi connectivity index (χ1v) is 7.02. The van der Waals surface area contributed by atoms with Gasteiger partial charge in [0.1, 0.15) is 24.8 Å². The topological polar surface area (TPSA) is 94.3 Å². The molecule has 0 fully saturated rings. The van der Waals surface area contributed by atoms with Crippen molar-refractivity contribution in [3.63, 3.8) is 0 Å². The van der Waals surface area contributed by atoms with Crippen LogP contribution in [0.25, 0.3) is 0 Å². The van der Waals surface area contributed by atoms with Crippen LogP contribution in [0.3, 0.4) is 0 Å². The summed E-state index contributed by atoms with van der Waals surface area (Å²) in [5.74, 6) is -0.558. The van der Waals surface area contributed by atoms with Gasteiger partial charge in [0.05, 0.1) is 5.56 Å². The zero-order chi connectivity index (χ0) is 15.5. The maximum absolute atomic E-state index is 12.2. The van der Waals surface area contributed by atoms with Crippen LogP contribution in [0.5, 0.6) is 0 Å². The van der Waals surface area contributed by atoms with Crippen LogP contribution >= 0.6 is 0 Å². The van der Waals surface area contributed by atoms with Gasteiger partial charge in [-0.1, -0.05) is 12.1 Å². The molecule has 0 aliphatic carbocycles. The molecule has 1 aliphatic heterocycles. The summed E-state index contributed by atoms with van der Waals surface area (Å²) in [4.78, 5) is 23.2. The number of hydrogen-bond acceptors (Lipinski definition) is 5. The summed E-state index contributed by atoms with van der Waals surface area (Å²) in [5, 5.41) is 16.8. The number of fused-ring (bicyclic) bond motifs is 1. The number of ether oxygens (including phenoxy) is 1. The molecular formula is C15H15N3O4. The highest BCUT2D eigenvalue weighted by atomic mass is 16.5. The molecule has 1 N–H and O–H groups in total. The Kier molecular flexibility index (Phi) is 3.86. The van der Waals surface area contributed by atoms with Gasteiger partial charge in [0, 0.05) is 6.42 Å². The molecule has 1 aromatic carbocycles. The van der Waals surface area contributed by atoms with Gasteiger partial charge in [-0.25, -0.2) is 9.59 Å². The lowest BCUT2D eigenvalue weighted by Crippen LogP contribution is -2.26. The first-order valence-electron chi connectivity index (χ1n) is 7.02. The van der Waals surface area contributed by atoms with E-state index >= 15 is 0 Å². The number of carbonyl (C=O) groups is 2. The van der Waals surface area contributed by atoms with Crippen molar-refractivity contribution in [2.24, 2.45) is 0 Å². The maximum atomic E-state index is 12.2. The normalized spacial score (nSPS) is 16.8. The number of nitrogens with zero attached hydrogens (tertiary/aromatic N) is 3. The van der Waals surface area contributed by atoms with E-state index in [-0.39, 0.29) is 18.1 Å². The Hall–Kier alpha value is -2.70. The summed E-state index contributed by atoms with van der Waals surface area (Å²) in [6, 6.07) is 5.95. The van der Waals surface area contributed by atoms with Gasteiger partial charge in [0.2, 0.25) is 0 Å². The smallest absolute Gasteiger partial charge is 0.335 e.